The molecule has 0 bridgehead atoms. The molecule has 0 nitrogen and oxygen atoms in total. The van der Waals surface area contributed by atoms with Crippen LogP contribution in [0.2, 0.25) is 0 Å². The summed E-state index contributed by atoms with van der Waals surface area (Å²) in [5.41, 5.74) is 0. The summed E-state index contributed by atoms with van der Waals surface area (Å²) in [6, 6.07) is 0. The minimum absolute atomic E-state index is 0. The fourth-order valence-electron chi connectivity index (χ4n) is 0. The van der Waals surface area contributed by atoms with E-state index in [1.54, 1.807) is 0 Å². The number of halogens is 2. The molecular weight excluding hydrogens is 297 g/mol. The molecule has 0 aromatic rings. The minimum atomic E-state index is 0. The zero-order valence-electron chi connectivity index (χ0n) is 4.38. The Morgan fingerprint density at radius 3 is 1.43 bits per heavy atom. The van der Waals surface area contributed by atoms with Crippen molar-refractivity contribution in [3.05, 3.63) is 6.92 Å². The maximum atomic E-state index is 3.60. The molecule has 3 heteroatoms. The molecule has 0 atom stereocenters. The van der Waals surface area contributed by atoms with Gasteiger partial charge in [-0.1, -0.05) is 13.3 Å². The van der Waals surface area contributed by atoms with E-state index in [9.17, 15) is 0 Å². The molecule has 0 rings (SSSR count). The van der Waals surface area contributed by atoms with E-state index < -0.39 is 0 Å². The van der Waals surface area contributed by atoms with Gasteiger partial charge in [0, 0.05) is 25.8 Å². The molecule has 0 aliphatic rings. The quantitative estimate of drug-likeness (QED) is 0.339. The van der Waals surface area contributed by atoms with Gasteiger partial charge in [-0.2, -0.15) is 6.42 Å². The SMILES string of the molecule is [CH2-]CCC.[Cl-].[Cl-].[Hf]. The van der Waals surface area contributed by atoms with Crippen molar-refractivity contribution >= 4 is 0 Å². The number of rotatable bonds is 1. The Morgan fingerprint density at radius 2 is 1.43 bits per heavy atom. The first-order valence-corrected chi connectivity index (χ1v) is 1.71. The normalized spacial score (nSPS) is 4.29. The van der Waals surface area contributed by atoms with E-state index in [0.29, 0.717) is 0 Å². The van der Waals surface area contributed by atoms with Crippen molar-refractivity contribution in [2.24, 2.45) is 0 Å². The van der Waals surface area contributed by atoms with Crippen LogP contribution in [0.3, 0.4) is 0 Å². The smallest absolute Gasteiger partial charge is 0 e. The first-order valence-electron chi connectivity index (χ1n) is 1.71. The Balaban J connectivity index is -0.0000000150. The molecule has 0 saturated carbocycles. The average molecular weight is 307 g/mol. The van der Waals surface area contributed by atoms with Crippen molar-refractivity contribution in [2.45, 2.75) is 19.8 Å². The zero-order valence-corrected chi connectivity index (χ0v) is 9.48. The molecule has 0 spiro atoms. The van der Waals surface area contributed by atoms with Gasteiger partial charge in [-0.15, -0.1) is 0 Å². The van der Waals surface area contributed by atoms with Crippen molar-refractivity contribution in [2.75, 3.05) is 0 Å². The molecule has 0 saturated heterocycles. The van der Waals surface area contributed by atoms with Crippen LogP contribution < -0.4 is 24.8 Å². The number of unbranched alkanes of at least 4 members (excludes halogenated alkanes) is 1. The molecular formula is C4H9Cl2Hf-3. The molecule has 0 N–H and O–H groups in total. The van der Waals surface area contributed by atoms with Crippen LogP contribution in [0.25, 0.3) is 0 Å². The van der Waals surface area contributed by atoms with Crippen LogP contribution in [0.15, 0.2) is 0 Å². The van der Waals surface area contributed by atoms with Gasteiger partial charge in [-0.3, -0.25) is 0 Å². The second kappa shape index (κ2) is 26.0. The van der Waals surface area contributed by atoms with Gasteiger partial charge in [0.25, 0.3) is 0 Å². The van der Waals surface area contributed by atoms with Crippen molar-refractivity contribution < 1.29 is 50.7 Å². The second-order valence-electron chi connectivity index (χ2n) is 0.854. The third kappa shape index (κ3) is 36.9. The van der Waals surface area contributed by atoms with E-state index >= 15 is 0 Å². The number of hydrogen-bond acceptors (Lipinski definition) is 0. The summed E-state index contributed by atoms with van der Waals surface area (Å²) >= 11 is 0. The first-order chi connectivity index (χ1) is 1.91. The van der Waals surface area contributed by atoms with Gasteiger partial charge in [0.1, 0.15) is 0 Å². The van der Waals surface area contributed by atoms with Crippen LogP contribution >= 0.6 is 0 Å². The first kappa shape index (κ1) is 23.7. The van der Waals surface area contributed by atoms with Crippen LogP contribution in [-0.4, -0.2) is 0 Å². The van der Waals surface area contributed by atoms with E-state index in [4.69, 9.17) is 0 Å². The molecule has 0 aromatic carbocycles. The average Bonchev–Trinajstić information content (AvgIpc) is 1.37. The van der Waals surface area contributed by atoms with Crippen molar-refractivity contribution in [1.82, 2.24) is 0 Å². The van der Waals surface area contributed by atoms with Crippen LogP contribution in [0.1, 0.15) is 19.8 Å². The van der Waals surface area contributed by atoms with Crippen LogP contribution in [0.4, 0.5) is 0 Å². The Hall–Kier alpha value is 1.45. The van der Waals surface area contributed by atoms with E-state index in [2.05, 4.69) is 13.8 Å². The molecule has 0 aliphatic carbocycles. The van der Waals surface area contributed by atoms with E-state index in [1.807, 2.05) is 0 Å². The van der Waals surface area contributed by atoms with Crippen molar-refractivity contribution in [3.63, 3.8) is 0 Å². The fourth-order valence-corrected chi connectivity index (χ4v) is 0. The zero-order chi connectivity index (χ0) is 3.41. The molecule has 0 aliphatic heterocycles. The summed E-state index contributed by atoms with van der Waals surface area (Å²) in [6.45, 7) is 5.72. The van der Waals surface area contributed by atoms with E-state index in [-0.39, 0.29) is 50.7 Å². The molecule has 0 amide bonds. The largest absolute Gasteiger partial charge is 1.00 e. The van der Waals surface area contributed by atoms with Crippen LogP contribution in [-0.2, 0) is 25.8 Å². The predicted octanol–water partition coefficient (Wildman–Crippen LogP) is -4.37. The van der Waals surface area contributed by atoms with Gasteiger partial charge in [0.15, 0.2) is 0 Å². The molecule has 46 valence electrons. The Bertz CT molecular complexity index is 11.7. The van der Waals surface area contributed by atoms with E-state index in [0.717, 1.165) is 6.42 Å². The molecule has 0 fully saturated rings. The molecule has 0 heterocycles. The fraction of sp³-hybridized carbons (Fsp3) is 0.750. The van der Waals surface area contributed by atoms with Gasteiger partial charge in [-0.25, -0.2) is 0 Å². The van der Waals surface area contributed by atoms with Gasteiger partial charge in [0.05, 0.1) is 0 Å². The standard InChI is InChI=1S/C4H9.2ClH.Hf/c1-3-4-2;;;/h1,3-4H2,2H3;2*1H;/q-1;;;/p-2. The Kier molecular flexibility index (Phi) is 88.1. The summed E-state index contributed by atoms with van der Waals surface area (Å²) in [5.74, 6) is 0. The maximum absolute atomic E-state index is 3.60. The van der Waals surface area contributed by atoms with Gasteiger partial charge in [0.2, 0.25) is 0 Å². The maximum Gasteiger partial charge on any atom is 0 e. The second-order valence-corrected chi connectivity index (χ2v) is 0.854. The third-order valence-electron chi connectivity index (χ3n) is 0.354. The minimum Gasteiger partial charge on any atom is -1.00 e. The monoisotopic (exact) mass is 307 g/mol. The van der Waals surface area contributed by atoms with Crippen molar-refractivity contribution in [1.29, 1.82) is 0 Å². The van der Waals surface area contributed by atoms with E-state index in [1.165, 1.54) is 6.42 Å². The van der Waals surface area contributed by atoms with Crippen LogP contribution in [0.5, 0.6) is 0 Å². The van der Waals surface area contributed by atoms with Crippen molar-refractivity contribution in [3.8, 4) is 0 Å². The molecule has 7 heavy (non-hydrogen) atoms. The summed E-state index contributed by atoms with van der Waals surface area (Å²) in [7, 11) is 0. The molecule has 0 aromatic heterocycles. The topological polar surface area (TPSA) is 0 Å². The third-order valence-corrected chi connectivity index (χ3v) is 0.354. The Labute approximate surface area is 77.0 Å². The van der Waals surface area contributed by atoms with Gasteiger partial charge >= 0.3 is 0 Å². The molecule has 0 unspecified atom stereocenters. The number of hydrogen-bond donors (Lipinski definition) is 0. The van der Waals surface area contributed by atoms with Crippen LogP contribution in [0, 0.1) is 6.92 Å². The Morgan fingerprint density at radius 1 is 1.29 bits per heavy atom. The van der Waals surface area contributed by atoms with Gasteiger partial charge < -0.3 is 31.7 Å². The summed E-state index contributed by atoms with van der Waals surface area (Å²) in [6.07, 6.45) is 2.28. The summed E-state index contributed by atoms with van der Waals surface area (Å²) in [5, 5.41) is 0. The predicted molar refractivity (Wildman–Crippen MR) is 20.3 cm³/mol. The van der Waals surface area contributed by atoms with Gasteiger partial charge in [-0.05, 0) is 0 Å². The molecule has 0 radical (unpaired) electrons. The summed E-state index contributed by atoms with van der Waals surface area (Å²) in [4.78, 5) is 0. The summed E-state index contributed by atoms with van der Waals surface area (Å²) < 4.78 is 0.